The van der Waals surface area contributed by atoms with Gasteiger partial charge in [-0.2, -0.15) is 8.78 Å². The van der Waals surface area contributed by atoms with Gasteiger partial charge in [-0.3, -0.25) is 9.69 Å². The lowest BCUT2D eigenvalue weighted by Gasteiger charge is -2.36. The number of alkyl halides is 4. The third kappa shape index (κ3) is 4.34. The van der Waals surface area contributed by atoms with Crippen LogP contribution in [0.25, 0.3) is 0 Å². The molecule has 1 aliphatic heterocycles. The average molecular weight is 349 g/mol. The Kier molecular flexibility index (Phi) is 5.98. The van der Waals surface area contributed by atoms with Crippen LogP contribution in [0.4, 0.5) is 17.6 Å². The van der Waals surface area contributed by atoms with Crippen molar-refractivity contribution in [2.75, 3.05) is 39.3 Å². The van der Waals surface area contributed by atoms with Crippen molar-refractivity contribution in [3.63, 3.8) is 0 Å². The van der Waals surface area contributed by atoms with Crippen LogP contribution in [0.5, 0.6) is 5.75 Å². The molecule has 1 fully saturated rings. The molecule has 1 saturated heterocycles. The maximum Gasteiger partial charge on any atom is 0.319 e. The Bertz CT molecular complexity index is 563. The van der Waals surface area contributed by atoms with Gasteiger partial charge in [-0.05, 0) is 19.1 Å². The summed E-state index contributed by atoms with van der Waals surface area (Å²) in [5.41, 5.74) is 0.158. The van der Waals surface area contributed by atoms with Crippen LogP contribution in [0.2, 0.25) is 0 Å². The monoisotopic (exact) mass is 349 g/mol. The van der Waals surface area contributed by atoms with E-state index < -0.39 is 18.9 Å². The van der Waals surface area contributed by atoms with Crippen LogP contribution in [0.3, 0.4) is 0 Å². The van der Waals surface area contributed by atoms with Gasteiger partial charge in [0.1, 0.15) is 0 Å². The first-order valence-corrected chi connectivity index (χ1v) is 7.60. The summed E-state index contributed by atoms with van der Waals surface area (Å²) in [7, 11) is 0. The van der Waals surface area contributed by atoms with E-state index in [1.54, 1.807) is 19.1 Å². The Hall–Kier alpha value is -1.90. The van der Waals surface area contributed by atoms with Gasteiger partial charge in [-0.25, -0.2) is 13.8 Å². The standard InChI is InChI=1S/C15H19F4N3O2/c1-2-24-11-4-3-5-20-12(11)13(23)22-8-6-21(7-9-22)10-15(18,19)14(16)17/h3-5,14H,2,6-10H2,1H3. The summed E-state index contributed by atoms with van der Waals surface area (Å²) in [5.74, 6) is -4.05. The Morgan fingerprint density at radius 3 is 2.58 bits per heavy atom. The molecule has 134 valence electrons. The Labute approximate surface area is 137 Å². The molecule has 0 aromatic carbocycles. The smallest absolute Gasteiger partial charge is 0.319 e. The second-order valence-corrected chi connectivity index (χ2v) is 5.41. The summed E-state index contributed by atoms with van der Waals surface area (Å²) < 4.78 is 56.0. The van der Waals surface area contributed by atoms with Crippen LogP contribution in [-0.4, -0.2) is 72.4 Å². The molecule has 5 nitrogen and oxygen atoms in total. The number of aromatic nitrogens is 1. The summed E-state index contributed by atoms with van der Waals surface area (Å²) in [6.07, 6.45) is -2.23. The zero-order valence-electron chi connectivity index (χ0n) is 13.2. The third-order valence-corrected chi connectivity index (χ3v) is 3.69. The second-order valence-electron chi connectivity index (χ2n) is 5.41. The molecule has 9 heteroatoms. The summed E-state index contributed by atoms with van der Waals surface area (Å²) in [5, 5.41) is 0. The summed E-state index contributed by atoms with van der Waals surface area (Å²) in [6.45, 7) is 1.68. The molecule has 24 heavy (non-hydrogen) atoms. The van der Waals surface area contributed by atoms with Gasteiger partial charge in [0.15, 0.2) is 11.4 Å². The first-order valence-electron chi connectivity index (χ1n) is 7.60. The minimum absolute atomic E-state index is 0.102. The van der Waals surface area contributed by atoms with E-state index in [1.807, 2.05) is 0 Å². The van der Waals surface area contributed by atoms with E-state index in [2.05, 4.69) is 4.98 Å². The van der Waals surface area contributed by atoms with Crippen LogP contribution in [0.1, 0.15) is 17.4 Å². The van der Waals surface area contributed by atoms with E-state index in [4.69, 9.17) is 4.74 Å². The van der Waals surface area contributed by atoms with Crippen LogP contribution in [0.15, 0.2) is 18.3 Å². The fourth-order valence-corrected chi connectivity index (χ4v) is 2.45. The number of pyridine rings is 1. The van der Waals surface area contributed by atoms with Gasteiger partial charge in [0.05, 0.1) is 13.2 Å². The number of carbonyl (C=O) groups excluding carboxylic acids is 1. The molecule has 2 heterocycles. The minimum atomic E-state index is -4.05. The third-order valence-electron chi connectivity index (χ3n) is 3.69. The molecule has 0 unspecified atom stereocenters. The van der Waals surface area contributed by atoms with Gasteiger partial charge in [-0.1, -0.05) is 0 Å². The molecule has 1 aromatic heterocycles. The van der Waals surface area contributed by atoms with Crippen LogP contribution < -0.4 is 4.74 Å². The van der Waals surface area contributed by atoms with Gasteiger partial charge in [0, 0.05) is 32.4 Å². The number of piperazine rings is 1. The number of nitrogens with zero attached hydrogens (tertiary/aromatic N) is 3. The Morgan fingerprint density at radius 1 is 1.33 bits per heavy atom. The van der Waals surface area contributed by atoms with Crippen LogP contribution in [-0.2, 0) is 0 Å². The summed E-state index contributed by atoms with van der Waals surface area (Å²) in [6, 6.07) is 3.27. The fourth-order valence-electron chi connectivity index (χ4n) is 2.45. The number of halogens is 4. The van der Waals surface area contributed by atoms with Crippen molar-refractivity contribution >= 4 is 5.91 Å². The van der Waals surface area contributed by atoms with Crippen molar-refractivity contribution in [3.05, 3.63) is 24.0 Å². The van der Waals surface area contributed by atoms with Gasteiger partial charge < -0.3 is 9.64 Å². The largest absolute Gasteiger partial charge is 0.491 e. The van der Waals surface area contributed by atoms with Crippen molar-refractivity contribution in [1.29, 1.82) is 0 Å². The van der Waals surface area contributed by atoms with Crippen molar-refractivity contribution in [1.82, 2.24) is 14.8 Å². The molecule has 0 radical (unpaired) electrons. The van der Waals surface area contributed by atoms with Gasteiger partial charge in [0.2, 0.25) is 0 Å². The van der Waals surface area contributed by atoms with Gasteiger partial charge in [-0.15, -0.1) is 0 Å². The maximum absolute atomic E-state index is 13.1. The van der Waals surface area contributed by atoms with E-state index in [-0.39, 0.29) is 37.8 Å². The molecule has 2 rings (SSSR count). The Morgan fingerprint density at radius 2 is 2.00 bits per heavy atom. The molecule has 1 amide bonds. The molecule has 0 aliphatic carbocycles. The van der Waals surface area contributed by atoms with Crippen molar-refractivity contribution in [3.8, 4) is 5.75 Å². The highest BCUT2D eigenvalue weighted by Crippen LogP contribution is 2.25. The highest BCUT2D eigenvalue weighted by Gasteiger charge is 2.42. The molecule has 0 spiro atoms. The van der Waals surface area contributed by atoms with E-state index in [0.29, 0.717) is 12.4 Å². The number of hydrogen-bond acceptors (Lipinski definition) is 4. The quantitative estimate of drug-likeness (QED) is 0.739. The number of ether oxygens (including phenoxy) is 1. The van der Waals surface area contributed by atoms with Crippen LogP contribution >= 0.6 is 0 Å². The summed E-state index contributed by atoms with van der Waals surface area (Å²) >= 11 is 0. The number of carbonyl (C=O) groups is 1. The highest BCUT2D eigenvalue weighted by atomic mass is 19.3. The molecular weight excluding hydrogens is 330 g/mol. The molecule has 0 bridgehead atoms. The molecule has 1 aliphatic rings. The normalized spacial score (nSPS) is 16.5. The molecular formula is C15H19F4N3O2. The maximum atomic E-state index is 13.1. The average Bonchev–Trinajstić information content (AvgIpc) is 2.55. The predicted octanol–water partition coefficient (Wildman–Crippen LogP) is 2.14. The molecule has 1 aromatic rings. The minimum Gasteiger partial charge on any atom is -0.491 e. The van der Waals surface area contributed by atoms with E-state index in [9.17, 15) is 22.4 Å². The number of amides is 1. The molecule has 0 atom stereocenters. The molecule has 0 N–H and O–H groups in total. The highest BCUT2D eigenvalue weighted by molar-refractivity contribution is 5.95. The SMILES string of the molecule is CCOc1cccnc1C(=O)N1CCN(CC(F)(F)C(F)F)CC1. The van der Waals surface area contributed by atoms with Crippen LogP contribution in [0, 0.1) is 0 Å². The van der Waals surface area contributed by atoms with Crippen molar-refractivity contribution in [2.24, 2.45) is 0 Å². The number of rotatable bonds is 6. The lowest BCUT2D eigenvalue weighted by Crippen LogP contribution is -2.52. The predicted molar refractivity (Wildman–Crippen MR) is 78.7 cm³/mol. The van der Waals surface area contributed by atoms with Crippen molar-refractivity contribution < 1.29 is 27.1 Å². The number of hydrogen-bond donors (Lipinski definition) is 0. The fraction of sp³-hybridized carbons (Fsp3) is 0.600. The lowest BCUT2D eigenvalue weighted by molar-refractivity contribution is -0.144. The van der Waals surface area contributed by atoms with Gasteiger partial charge in [0.25, 0.3) is 5.91 Å². The topological polar surface area (TPSA) is 45.7 Å². The summed E-state index contributed by atoms with van der Waals surface area (Å²) in [4.78, 5) is 19.2. The molecule has 0 saturated carbocycles. The first-order chi connectivity index (χ1) is 11.3. The lowest BCUT2D eigenvalue weighted by atomic mass is 10.2. The van der Waals surface area contributed by atoms with Gasteiger partial charge >= 0.3 is 12.3 Å². The first kappa shape index (κ1) is 18.4. The second kappa shape index (κ2) is 7.78. The Balaban J connectivity index is 1.96. The zero-order chi connectivity index (χ0) is 17.7. The zero-order valence-corrected chi connectivity index (χ0v) is 13.2. The van der Waals surface area contributed by atoms with E-state index in [1.165, 1.54) is 16.0 Å². The van der Waals surface area contributed by atoms with Crippen molar-refractivity contribution in [2.45, 2.75) is 19.3 Å². The van der Waals surface area contributed by atoms with E-state index >= 15 is 0 Å². The van der Waals surface area contributed by atoms with E-state index in [0.717, 1.165) is 0 Å².